The lowest BCUT2D eigenvalue weighted by atomic mass is 10.4. The Morgan fingerprint density at radius 3 is 2.58 bits per heavy atom. The summed E-state index contributed by atoms with van der Waals surface area (Å²) < 4.78 is 2.05. The van der Waals surface area contributed by atoms with Crippen molar-refractivity contribution in [2.75, 3.05) is 20.6 Å². The fourth-order valence-corrected chi connectivity index (χ4v) is 0.883. The van der Waals surface area contributed by atoms with Crippen molar-refractivity contribution < 1.29 is 9.37 Å². The van der Waals surface area contributed by atoms with Crippen LogP contribution in [0.1, 0.15) is 26.2 Å². The third-order valence-electron chi connectivity index (χ3n) is 1.50. The highest BCUT2D eigenvalue weighted by Crippen LogP contribution is 1.90. The van der Waals surface area contributed by atoms with Crippen LogP contribution in [0.5, 0.6) is 0 Å². The molecule has 0 aromatic rings. The van der Waals surface area contributed by atoms with Crippen LogP contribution in [0.15, 0.2) is 0 Å². The van der Waals surface area contributed by atoms with E-state index in [1.54, 1.807) is 6.92 Å². The minimum absolute atomic E-state index is 0.0617. The molecule has 0 aliphatic carbocycles. The van der Waals surface area contributed by atoms with E-state index in [4.69, 9.17) is 0 Å². The first-order valence-corrected chi connectivity index (χ1v) is 4.37. The predicted octanol–water partition coefficient (Wildman–Crippen LogP) is 0.636. The van der Waals surface area contributed by atoms with E-state index in [2.05, 4.69) is 16.1 Å². The monoisotopic (exact) mass is 176 g/mol. The number of nitrogens with one attached hydrogen (secondary N) is 1. The van der Waals surface area contributed by atoms with Crippen LogP contribution >= 0.6 is 0 Å². The van der Waals surface area contributed by atoms with Crippen molar-refractivity contribution in [3.8, 4) is 0 Å². The molecule has 0 radical (unpaired) electrons. The summed E-state index contributed by atoms with van der Waals surface area (Å²) in [6, 6.07) is 0. The zero-order chi connectivity index (χ0) is 9.40. The Morgan fingerprint density at radius 2 is 2.08 bits per heavy atom. The summed E-state index contributed by atoms with van der Waals surface area (Å²) in [7, 11) is 4.04. The summed E-state index contributed by atoms with van der Waals surface area (Å²) >= 11 is 0. The van der Waals surface area contributed by atoms with E-state index in [9.17, 15) is 4.79 Å². The molecular weight excluding hydrogens is 157 g/mol. The average molecular weight is 176 g/mol. The highest BCUT2D eigenvalue weighted by Gasteiger charge is 1.91. The van der Waals surface area contributed by atoms with Gasteiger partial charge in [0.1, 0.15) is 20.3 Å². The van der Waals surface area contributed by atoms with E-state index >= 15 is 0 Å². The summed E-state index contributed by atoms with van der Waals surface area (Å²) in [6.07, 6.45) is 5.43. The summed E-state index contributed by atoms with van der Waals surface area (Å²) in [5, 5.41) is 2.77. The van der Waals surface area contributed by atoms with E-state index in [0.717, 1.165) is 25.8 Å². The topological polar surface area (TPSA) is 32.1 Å². The molecule has 0 saturated heterocycles. The molecule has 0 aromatic carbocycles. The van der Waals surface area contributed by atoms with Crippen LogP contribution in [0, 0.1) is 0 Å². The SMILES string of the molecule is CC(=O)[15NH][13CH2][13CH2]CCC=[15N+](C)[13CH3]. The minimum Gasteiger partial charge on any atom is -0.356 e. The summed E-state index contributed by atoms with van der Waals surface area (Å²) in [5.74, 6) is 0.0617. The Labute approximate surface area is 74.5 Å². The van der Waals surface area contributed by atoms with Gasteiger partial charge in [-0.05, 0) is 12.8 Å². The molecule has 0 unspecified atom stereocenters. The Kier molecular flexibility index (Phi) is 6.34. The van der Waals surface area contributed by atoms with Crippen molar-refractivity contribution >= 4 is 12.1 Å². The molecule has 1 N–H and O–H groups in total. The molecule has 70 valence electrons. The molecule has 0 rings (SSSR count). The molecule has 0 aliphatic rings. The number of hydrogen-bond donors (Lipinski definition) is 1. The quantitative estimate of drug-likeness (QED) is 0.215. The number of carbonyl (C=O) groups excluding carboxylic acids is 1. The third kappa shape index (κ3) is 9.14. The van der Waals surface area contributed by atoms with Gasteiger partial charge in [-0.25, -0.2) is 4.58 Å². The van der Waals surface area contributed by atoms with Crippen LogP contribution in [-0.4, -0.2) is 37.3 Å². The maximum atomic E-state index is 10.5. The largest absolute Gasteiger partial charge is 0.356 e. The smallest absolute Gasteiger partial charge is 0.216 e. The molecule has 0 saturated carbocycles. The fraction of sp³-hybridized carbons (Fsp3) is 0.778. The summed E-state index contributed by atoms with van der Waals surface area (Å²) in [6.45, 7) is 2.35. The Balaban J connectivity index is 3.11. The molecule has 0 heterocycles. The molecule has 0 atom stereocenters. The molecule has 0 aliphatic heterocycles. The number of nitrogens with zero attached hydrogens (tertiary/aromatic N) is 1. The van der Waals surface area contributed by atoms with Crippen molar-refractivity contribution in [1.29, 1.82) is 0 Å². The van der Waals surface area contributed by atoms with Crippen molar-refractivity contribution in [3.05, 3.63) is 0 Å². The van der Waals surface area contributed by atoms with E-state index < -0.39 is 0 Å². The first-order chi connectivity index (χ1) is 5.63. The van der Waals surface area contributed by atoms with E-state index in [0.29, 0.717) is 0 Å². The molecule has 3 heteroatoms. The van der Waals surface area contributed by atoms with Gasteiger partial charge in [0, 0.05) is 19.9 Å². The highest BCUT2D eigenvalue weighted by atomic mass is 16.2. The van der Waals surface area contributed by atoms with Crippen molar-refractivity contribution in [2.45, 2.75) is 26.2 Å². The average Bonchev–Trinajstić information content (AvgIpc) is 1.95. The van der Waals surface area contributed by atoms with Crippen LogP contribution in [-0.2, 0) is 4.79 Å². The highest BCUT2D eigenvalue weighted by molar-refractivity contribution is 5.72. The number of amides is 1. The normalized spacial score (nSPS) is 11.4. The second-order valence-corrected chi connectivity index (χ2v) is 3.12. The first kappa shape index (κ1) is 11.1. The van der Waals surface area contributed by atoms with Gasteiger partial charge < -0.3 is 5.32 Å². The number of carbonyl (C=O) groups is 1. The first-order valence-electron chi connectivity index (χ1n) is 4.37. The molecule has 12 heavy (non-hydrogen) atoms. The Bertz CT molecular complexity index is 160. The van der Waals surface area contributed by atoms with Gasteiger partial charge in [-0.1, -0.05) is 0 Å². The maximum Gasteiger partial charge on any atom is 0.216 e. The third-order valence-corrected chi connectivity index (χ3v) is 1.50. The predicted molar refractivity (Wildman–Crippen MR) is 50.7 cm³/mol. The van der Waals surface area contributed by atoms with Gasteiger partial charge in [0.15, 0.2) is 0 Å². The second-order valence-electron chi connectivity index (χ2n) is 3.12. The van der Waals surface area contributed by atoms with Crippen LogP contribution in [0.2, 0.25) is 0 Å². The van der Waals surface area contributed by atoms with Crippen LogP contribution in [0.4, 0.5) is 0 Å². The summed E-state index contributed by atoms with van der Waals surface area (Å²) in [4.78, 5) is 10.5. The van der Waals surface area contributed by atoms with Gasteiger partial charge >= 0.3 is 0 Å². The van der Waals surface area contributed by atoms with Gasteiger partial charge in [0.25, 0.3) is 0 Å². The molecule has 1 amide bonds. The Morgan fingerprint density at radius 1 is 1.42 bits per heavy atom. The van der Waals surface area contributed by atoms with Crippen LogP contribution < -0.4 is 5.32 Å². The van der Waals surface area contributed by atoms with E-state index in [1.165, 1.54) is 0 Å². The zero-order valence-corrected chi connectivity index (χ0v) is 8.26. The standard InChI is InChI=1S/C9H18N2O/c1-9(12)10-7-5-4-6-8-11(2)3/h8H,4-7H2,1-3H3/p+1/i2+1,5+1,7+1,10+1,11+1. The fourth-order valence-electron chi connectivity index (χ4n) is 0.883. The van der Waals surface area contributed by atoms with Gasteiger partial charge in [0.2, 0.25) is 5.91 Å². The molecule has 0 aromatic heterocycles. The second kappa shape index (κ2) is 6.83. The van der Waals surface area contributed by atoms with Crippen LogP contribution in [0.3, 0.4) is 0 Å². The number of hydrogen-bond acceptors (Lipinski definition) is 1. The molecular formula is C9H19N2O+. The van der Waals surface area contributed by atoms with Crippen LogP contribution in [0.25, 0.3) is 0 Å². The van der Waals surface area contributed by atoms with Gasteiger partial charge in [-0.3, -0.25) is 4.79 Å². The van der Waals surface area contributed by atoms with Crippen molar-refractivity contribution in [2.24, 2.45) is 0 Å². The molecule has 0 fully saturated rings. The number of unbranched alkanes of at least 4 members (excludes halogenated alkanes) is 2. The van der Waals surface area contributed by atoms with Gasteiger partial charge in [-0.15, -0.1) is 0 Å². The minimum atomic E-state index is 0.0617. The lowest BCUT2D eigenvalue weighted by Gasteiger charge is -1.98. The number of rotatable bonds is 5. The lowest BCUT2D eigenvalue weighted by Crippen LogP contribution is -2.20. The maximum absolute atomic E-state index is 10.5. The Hall–Kier alpha value is -0.860. The molecule has 0 bridgehead atoms. The lowest BCUT2D eigenvalue weighted by molar-refractivity contribution is -0.460. The van der Waals surface area contributed by atoms with E-state index in [-0.39, 0.29) is 5.91 Å². The van der Waals surface area contributed by atoms with Crippen molar-refractivity contribution in [1.82, 2.24) is 5.32 Å². The summed E-state index contributed by atoms with van der Waals surface area (Å²) in [5.41, 5.74) is 0. The van der Waals surface area contributed by atoms with Gasteiger partial charge in [0.05, 0.1) is 0 Å². The van der Waals surface area contributed by atoms with Crippen molar-refractivity contribution in [3.63, 3.8) is 0 Å². The molecule has 3 nitrogen and oxygen atoms in total. The van der Waals surface area contributed by atoms with Gasteiger partial charge in [-0.2, -0.15) is 0 Å². The van der Waals surface area contributed by atoms with E-state index in [1.807, 2.05) is 14.1 Å². The zero-order valence-electron chi connectivity index (χ0n) is 8.26. The molecule has 0 spiro atoms.